The van der Waals surface area contributed by atoms with Crippen molar-refractivity contribution in [2.75, 3.05) is 13.1 Å². The Balaban J connectivity index is 2.17. The number of aryl methyl sites for hydroxylation is 1. The summed E-state index contributed by atoms with van der Waals surface area (Å²) in [5.74, 6) is -0.176. The Labute approximate surface area is 100 Å². The van der Waals surface area contributed by atoms with E-state index in [9.17, 15) is 9.18 Å². The molecule has 92 valence electrons. The van der Waals surface area contributed by atoms with Crippen molar-refractivity contribution in [1.29, 1.82) is 0 Å². The lowest BCUT2D eigenvalue weighted by atomic mass is 10.1. The monoisotopic (exact) mass is 236 g/mol. The number of rotatable bonds is 1. The first-order valence-electron chi connectivity index (χ1n) is 5.80. The van der Waals surface area contributed by atoms with E-state index in [1.54, 1.807) is 24.0 Å². The molecule has 1 fully saturated rings. The van der Waals surface area contributed by atoms with E-state index < -0.39 is 0 Å². The van der Waals surface area contributed by atoms with Gasteiger partial charge in [-0.05, 0) is 30.5 Å². The van der Waals surface area contributed by atoms with Crippen molar-refractivity contribution >= 4 is 5.91 Å². The molecule has 2 N–H and O–H groups in total. The third kappa shape index (κ3) is 2.31. The van der Waals surface area contributed by atoms with Crippen LogP contribution in [0, 0.1) is 18.7 Å². The molecule has 0 spiro atoms. The molecule has 1 heterocycles. The van der Waals surface area contributed by atoms with Crippen LogP contribution >= 0.6 is 0 Å². The fourth-order valence-corrected chi connectivity index (χ4v) is 2.07. The highest BCUT2D eigenvalue weighted by atomic mass is 19.1. The maximum atomic E-state index is 13.4. The molecule has 1 aliphatic rings. The van der Waals surface area contributed by atoms with Crippen molar-refractivity contribution in [3.8, 4) is 0 Å². The maximum Gasteiger partial charge on any atom is 0.254 e. The van der Waals surface area contributed by atoms with Gasteiger partial charge >= 0.3 is 0 Å². The van der Waals surface area contributed by atoms with E-state index in [1.807, 2.05) is 6.92 Å². The van der Waals surface area contributed by atoms with Gasteiger partial charge in [0.2, 0.25) is 0 Å². The van der Waals surface area contributed by atoms with Crippen molar-refractivity contribution in [2.45, 2.75) is 19.9 Å². The fourth-order valence-electron chi connectivity index (χ4n) is 2.07. The van der Waals surface area contributed by atoms with Gasteiger partial charge in [-0.25, -0.2) is 4.39 Å². The summed E-state index contributed by atoms with van der Waals surface area (Å²) in [5.41, 5.74) is 6.82. The van der Waals surface area contributed by atoms with Gasteiger partial charge in [0.05, 0.1) is 0 Å². The van der Waals surface area contributed by atoms with Crippen LogP contribution in [0.15, 0.2) is 18.2 Å². The molecule has 0 bridgehead atoms. The molecule has 0 aliphatic carbocycles. The van der Waals surface area contributed by atoms with Crippen LogP contribution in [0.25, 0.3) is 0 Å². The lowest BCUT2D eigenvalue weighted by Gasteiger charge is -2.16. The summed E-state index contributed by atoms with van der Waals surface area (Å²) in [4.78, 5) is 13.8. The molecular formula is C13H17FN2O. The van der Waals surface area contributed by atoms with Gasteiger partial charge in [0, 0.05) is 24.7 Å². The van der Waals surface area contributed by atoms with Gasteiger partial charge in [-0.1, -0.05) is 13.0 Å². The van der Waals surface area contributed by atoms with Crippen LogP contribution in [0.1, 0.15) is 22.8 Å². The lowest BCUT2D eigenvalue weighted by Crippen LogP contribution is -2.32. The van der Waals surface area contributed by atoms with Crippen LogP contribution < -0.4 is 5.73 Å². The third-order valence-electron chi connectivity index (χ3n) is 3.38. The molecule has 1 aromatic carbocycles. The number of nitrogens with two attached hydrogens (primary N) is 1. The van der Waals surface area contributed by atoms with E-state index >= 15 is 0 Å². The number of carbonyl (C=O) groups excluding carboxylic acids is 1. The van der Waals surface area contributed by atoms with Crippen molar-refractivity contribution in [3.05, 3.63) is 35.1 Å². The van der Waals surface area contributed by atoms with Crippen LogP contribution in [0.4, 0.5) is 4.39 Å². The Bertz CT molecular complexity index is 437. The van der Waals surface area contributed by atoms with Crippen molar-refractivity contribution < 1.29 is 9.18 Å². The zero-order valence-electron chi connectivity index (χ0n) is 10.1. The second-order valence-corrected chi connectivity index (χ2v) is 4.82. The molecule has 3 nitrogen and oxygen atoms in total. The molecular weight excluding hydrogens is 219 g/mol. The highest BCUT2D eigenvalue weighted by Crippen LogP contribution is 2.18. The first-order valence-corrected chi connectivity index (χ1v) is 5.80. The van der Waals surface area contributed by atoms with Gasteiger partial charge in [-0.2, -0.15) is 0 Å². The van der Waals surface area contributed by atoms with Gasteiger partial charge in [0.1, 0.15) is 5.82 Å². The standard InChI is InChI=1S/C13H17FN2O/c1-8-3-4-10(5-11(8)14)13(17)16-6-9(2)12(15)7-16/h3-5,9,12H,6-7,15H2,1-2H3. The molecule has 0 aromatic heterocycles. The number of halogens is 1. The van der Waals surface area contributed by atoms with Crippen molar-refractivity contribution in [3.63, 3.8) is 0 Å². The zero-order chi connectivity index (χ0) is 12.6. The van der Waals surface area contributed by atoms with E-state index in [4.69, 9.17) is 5.73 Å². The molecule has 17 heavy (non-hydrogen) atoms. The van der Waals surface area contributed by atoms with Gasteiger partial charge in [-0.3, -0.25) is 4.79 Å². The Morgan fingerprint density at radius 3 is 2.71 bits per heavy atom. The van der Waals surface area contributed by atoms with Crippen LogP contribution in [0.2, 0.25) is 0 Å². The van der Waals surface area contributed by atoms with Crippen LogP contribution in [0.5, 0.6) is 0 Å². The first kappa shape index (κ1) is 12.0. The van der Waals surface area contributed by atoms with Crippen LogP contribution in [0.3, 0.4) is 0 Å². The molecule has 2 unspecified atom stereocenters. The van der Waals surface area contributed by atoms with Gasteiger partial charge in [-0.15, -0.1) is 0 Å². The Hall–Kier alpha value is -1.42. The van der Waals surface area contributed by atoms with Crippen LogP contribution in [-0.2, 0) is 0 Å². The number of hydrogen-bond acceptors (Lipinski definition) is 2. The second kappa shape index (κ2) is 4.45. The summed E-state index contributed by atoms with van der Waals surface area (Å²) < 4.78 is 13.4. The normalized spacial score (nSPS) is 24.1. The summed E-state index contributed by atoms with van der Waals surface area (Å²) in [5, 5.41) is 0. The van der Waals surface area contributed by atoms with Gasteiger partial charge in [0.25, 0.3) is 5.91 Å². The van der Waals surface area contributed by atoms with E-state index in [0.717, 1.165) is 0 Å². The number of benzene rings is 1. The molecule has 1 amide bonds. The third-order valence-corrected chi connectivity index (χ3v) is 3.38. The summed E-state index contributed by atoms with van der Waals surface area (Å²) >= 11 is 0. The van der Waals surface area contributed by atoms with Gasteiger partial charge in [0.15, 0.2) is 0 Å². The highest BCUT2D eigenvalue weighted by molar-refractivity contribution is 5.94. The average molecular weight is 236 g/mol. The molecule has 0 radical (unpaired) electrons. The Kier molecular flexibility index (Phi) is 3.15. The second-order valence-electron chi connectivity index (χ2n) is 4.82. The molecule has 0 saturated carbocycles. The van der Waals surface area contributed by atoms with Crippen molar-refractivity contribution in [1.82, 2.24) is 4.90 Å². The average Bonchev–Trinajstić information content (AvgIpc) is 2.62. The molecule has 1 aliphatic heterocycles. The van der Waals surface area contributed by atoms with Crippen molar-refractivity contribution in [2.24, 2.45) is 11.7 Å². The van der Waals surface area contributed by atoms with E-state index in [-0.39, 0.29) is 17.8 Å². The molecule has 2 atom stereocenters. The van der Waals surface area contributed by atoms with Gasteiger partial charge < -0.3 is 10.6 Å². The molecule has 1 saturated heterocycles. The molecule has 2 rings (SSSR count). The number of likely N-dealkylation sites (tertiary alicyclic amines) is 1. The number of nitrogens with zero attached hydrogens (tertiary/aromatic N) is 1. The minimum absolute atomic E-state index is 0.0224. The maximum absolute atomic E-state index is 13.4. The largest absolute Gasteiger partial charge is 0.337 e. The van der Waals surface area contributed by atoms with E-state index in [2.05, 4.69) is 0 Å². The lowest BCUT2D eigenvalue weighted by molar-refractivity contribution is 0.0786. The Morgan fingerprint density at radius 1 is 1.47 bits per heavy atom. The van der Waals surface area contributed by atoms with E-state index in [0.29, 0.717) is 30.1 Å². The fraction of sp³-hybridized carbons (Fsp3) is 0.462. The summed E-state index contributed by atoms with van der Waals surface area (Å²) in [6.07, 6.45) is 0. The van der Waals surface area contributed by atoms with E-state index in [1.165, 1.54) is 6.07 Å². The first-order chi connectivity index (χ1) is 7.99. The molecule has 4 heteroatoms. The summed E-state index contributed by atoms with van der Waals surface area (Å²) in [7, 11) is 0. The Morgan fingerprint density at radius 2 is 2.18 bits per heavy atom. The minimum atomic E-state index is -0.340. The van der Waals surface area contributed by atoms with Crippen LogP contribution in [-0.4, -0.2) is 29.9 Å². The number of carbonyl (C=O) groups is 1. The predicted octanol–water partition coefficient (Wildman–Crippen LogP) is 1.55. The predicted molar refractivity (Wildman–Crippen MR) is 64.2 cm³/mol. The summed E-state index contributed by atoms with van der Waals surface area (Å²) in [6, 6.07) is 4.61. The summed E-state index contributed by atoms with van der Waals surface area (Å²) in [6.45, 7) is 4.90. The smallest absolute Gasteiger partial charge is 0.254 e. The minimum Gasteiger partial charge on any atom is -0.337 e. The number of amides is 1. The quantitative estimate of drug-likeness (QED) is 0.804. The number of hydrogen-bond donors (Lipinski definition) is 1. The zero-order valence-corrected chi connectivity index (χ0v) is 10.1. The highest BCUT2D eigenvalue weighted by Gasteiger charge is 2.30. The SMILES string of the molecule is Cc1ccc(C(=O)N2CC(C)C(N)C2)cc1F. The topological polar surface area (TPSA) is 46.3 Å². The molecule has 1 aromatic rings.